The number of nitrogens with zero attached hydrogens (tertiary/aromatic N) is 5. The number of anilines is 1. The number of carbonyl (C=O) groups excluding carboxylic acids is 1. The second-order valence-corrected chi connectivity index (χ2v) is 12.7. The summed E-state index contributed by atoms with van der Waals surface area (Å²) in [5, 5.41) is 0. The van der Waals surface area contributed by atoms with E-state index in [1.54, 1.807) is 39.5 Å². The van der Waals surface area contributed by atoms with Gasteiger partial charge in [-0.25, -0.2) is 19.9 Å². The quantitative estimate of drug-likeness (QED) is 0.102. The van der Waals surface area contributed by atoms with Crippen LogP contribution in [-0.4, -0.2) is 61.7 Å². The van der Waals surface area contributed by atoms with E-state index in [0.717, 1.165) is 29.0 Å². The molecule has 7 rings (SSSR count). The molecule has 1 aliphatic rings. The number of hydrogen-bond donors (Lipinski definition) is 0. The molecule has 0 radical (unpaired) electrons. The van der Waals surface area contributed by atoms with Crippen LogP contribution < -0.4 is 28.6 Å². The average molecular weight is 748 g/mol. The number of hydrogen-bond acceptors (Lipinski definition) is 10. The summed E-state index contributed by atoms with van der Waals surface area (Å²) < 4.78 is 28.2. The van der Waals surface area contributed by atoms with Crippen LogP contribution in [0.2, 0.25) is 0 Å². The molecule has 1 aliphatic heterocycles. The molecule has 3 heterocycles. The van der Waals surface area contributed by atoms with Gasteiger partial charge in [0.2, 0.25) is 11.7 Å². The van der Waals surface area contributed by atoms with E-state index in [1.165, 1.54) is 17.6 Å². The molecule has 282 valence electrons. The van der Waals surface area contributed by atoms with Crippen LogP contribution in [0.4, 0.5) is 5.95 Å². The Morgan fingerprint density at radius 2 is 1.39 bits per heavy atom. The molecule has 11 heteroatoms. The summed E-state index contributed by atoms with van der Waals surface area (Å²) in [6.45, 7) is 2.60. The maximum atomic E-state index is 14.5. The van der Waals surface area contributed by atoms with Crippen molar-refractivity contribution in [3.63, 3.8) is 0 Å². The SMILES string of the molecule is CCc1ccc(CCOc2ccc(-c3cc(-c4cccc(OC)c4)nc(N4C(=O)/C(=C\c5cc(OC)c(OC)c(OC)c5)N=C4c4ccccc4)n3)cc2)nc1. The lowest BCUT2D eigenvalue weighted by atomic mass is 10.1. The molecule has 11 nitrogen and oxygen atoms in total. The van der Waals surface area contributed by atoms with Crippen molar-refractivity contribution in [1.82, 2.24) is 15.0 Å². The molecule has 0 bridgehead atoms. The molecule has 56 heavy (non-hydrogen) atoms. The van der Waals surface area contributed by atoms with Gasteiger partial charge in [0.1, 0.15) is 17.2 Å². The van der Waals surface area contributed by atoms with Gasteiger partial charge in [-0.15, -0.1) is 0 Å². The molecular weight excluding hydrogens is 707 g/mol. The molecule has 0 saturated heterocycles. The first-order chi connectivity index (χ1) is 27.4. The summed E-state index contributed by atoms with van der Waals surface area (Å²) in [5.41, 5.74) is 6.48. The minimum atomic E-state index is -0.408. The number of carbonyl (C=O) groups is 1. The lowest BCUT2D eigenvalue weighted by molar-refractivity contribution is -0.113. The number of benzene rings is 4. The maximum absolute atomic E-state index is 14.5. The van der Waals surface area contributed by atoms with E-state index in [9.17, 15) is 4.79 Å². The van der Waals surface area contributed by atoms with Crippen molar-refractivity contribution in [2.24, 2.45) is 4.99 Å². The summed E-state index contributed by atoms with van der Waals surface area (Å²) in [6.07, 6.45) is 5.24. The van der Waals surface area contributed by atoms with Gasteiger partial charge in [-0.2, -0.15) is 0 Å². The summed E-state index contributed by atoms with van der Waals surface area (Å²) in [6, 6.07) is 34.3. The fourth-order valence-corrected chi connectivity index (χ4v) is 6.25. The first-order valence-corrected chi connectivity index (χ1v) is 18.1. The number of pyridine rings is 1. The summed E-state index contributed by atoms with van der Waals surface area (Å²) in [7, 11) is 6.23. The van der Waals surface area contributed by atoms with Crippen LogP contribution in [0.3, 0.4) is 0 Å². The maximum Gasteiger partial charge on any atom is 0.285 e. The van der Waals surface area contributed by atoms with Gasteiger partial charge < -0.3 is 23.7 Å². The number of aryl methyl sites for hydroxylation is 1. The van der Waals surface area contributed by atoms with Crippen molar-refractivity contribution in [2.75, 3.05) is 39.9 Å². The van der Waals surface area contributed by atoms with E-state index in [-0.39, 0.29) is 11.6 Å². The van der Waals surface area contributed by atoms with Gasteiger partial charge in [-0.1, -0.05) is 55.5 Å². The Morgan fingerprint density at radius 3 is 2.04 bits per heavy atom. The first kappa shape index (κ1) is 37.3. The molecule has 6 aromatic rings. The molecule has 2 aromatic heterocycles. The van der Waals surface area contributed by atoms with Gasteiger partial charge in [-0.05, 0) is 84.3 Å². The molecule has 0 unspecified atom stereocenters. The highest BCUT2D eigenvalue weighted by Crippen LogP contribution is 2.39. The third-order valence-corrected chi connectivity index (χ3v) is 9.23. The zero-order valence-corrected chi connectivity index (χ0v) is 31.9. The number of amides is 1. The van der Waals surface area contributed by atoms with Crippen LogP contribution >= 0.6 is 0 Å². The van der Waals surface area contributed by atoms with Crippen LogP contribution in [0.15, 0.2) is 126 Å². The molecule has 0 aliphatic carbocycles. The summed E-state index contributed by atoms with van der Waals surface area (Å²) in [4.78, 5) is 35.4. The van der Waals surface area contributed by atoms with E-state index in [2.05, 4.69) is 18.0 Å². The summed E-state index contributed by atoms with van der Waals surface area (Å²) in [5.74, 6) is 2.85. The third-order valence-electron chi connectivity index (χ3n) is 9.23. The van der Waals surface area contributed by atoms with Crippen LogP contribution in [0.1, 0.15) is 29.3 Å². The third kappa shape index (κ3) is 8.07. The molecule has 1 amide bonds. The second-order valence-electron chi connectivity index (χ2n) is 12.7. The number of rotatable bonds is 14. The topological polar surface area (TPSA) is 117 Å². The van der Waals surface area contributed by atoms with Crippen molar-refractivity contribution in [1.29, 1.82) is 0 Å². The highest BCUT2D eigenvalue weighted by atomic mass is 16.5. The molecule has 4 aromatic carbocycles. The largest absolute Gasteiger partial charge is 0.497 e. The Morgan fingerprint density at radius 1 is 0.679 bits per heavy atom. The molecular formula is C45H41N5O6. The molecule has 0 atom stereocenters. The lowest BCUT2D eigenvalue weighted by Gasteiger charge is -2.19. The van der Waals surface area contributed by atoms with Gasteiger partial charge >= 0.3 is 0 Å². The average Bonchev–Trinajstić information content (AvgIpc) is 3.58. The second kappa shape index (κ2) is 17.0. The van der Waals surface area contributed by atoms with Gasteiger partial charge in [0.15, 0.2) is 17.3 Å². The van der Waals surface area contributed by atoms with Crippen LogP contribution in [0.25, 0.3) is 28.6 Å². The Balaban J connectivity index is 1.27. The Labute approximate surface area is 325 Å². The van der Waals surface area contributed by atoms with Crippen molar-refractivity contribution in [3.8, 4) is 51.3 Å². The van der Waals surface area contributed by atoms with Gasteiger partial charge in [0.25, 0.3) is 5.91 Å². The predicted octanol–water partition coefficient (Wildman–Crippen LogP) is 8.26. The molecule has 0 N–H and O–H groups in total. The fraction of sp³-hybridized carbons (Fsp3) is 0.178. The van der Waals surface area contributed by atoms with Crippen LogP contribution in [-0.2, 0) is 17.6 Å². The van der Waals surface area contributed by atoms with E-state index in [4.69, 9.17) is 38.6 Å². The predicted molar refractivity (Wildman–Crippen MR) is 217 cm³/mol. The normalized spacial score (nSPS) is 13.1. The van der Waals surface area contributed by atoms with Crippen LogP contribution in [0.5, 0.6) is 28.7 Å². The molecule has 0 fully saturated rings. The number of amidine groups is 1. The smallest absolute Gasteiger partial charge is 0.285 e. The van der Waals surface area contributed by atoms with E-state index in [0.29, 0.717) is 64.4 Å². The number of methoxy groups -OCH3 is 4. The highest BCUT2D eigenvalue weighted by Gasteiger charge is 2.35. The fourth-order valence-electron chi connectivity index (χ4n) is 6.25. The van der Waals surface area contributed by atoms with Crippen molar-refractivity contribution >= 4 is 23.8 Å². The zero-order chi connectivity index (χ0) is 39.0. The standard InChI is InChI=1S/C45H41N5O6/c1-6-29-15-18-34(46-28-29)21-22-56-35-19-16-31(17-20-35)37-27-38(33-13-10-14-36(26-33)52-2)49-45(48-37)50-43(32-11-8-7-9-12-32)47-39(44(50)51)23-30-24-40(53-3)42(55-5)41(25-30)54-4/h7-20,23-28H,6,21-22H2,1-5H3/b39-23+. The Kier molecular flexibility index (Phi) is 11.3. The Bertz CT molecular complexity index is 2370. The summed E-state index contributed by atoms with van der Waals surface area (Å²) >= 11 is 0. The lowest BCUT2D eigenvalue weighted by Crippen LogP contribution is -2.34. The minimum absolute atomic E-state index is 0.156. The van der Waals surface area contributed by atoms with Gasteiger partial charge in [-0.3, -0.25) is 9.78 Å². The van der Waals surface area contributed by atoms with Gasteiger partial charge in [0, 0.05) is 35.0 Å². The van der Waals surface area contributed by atoms with E-state index in [1.807, 2.05) is 97.2 Å². The van der Waals surface area contributed by atoms with Crippen LogP contribution in [0, 0.1) is 0 Å². The molecule has 0 saturated carbocycles. The van der Waals surface area contributed by atoms with Crippen molar-refractivity contribution < 1.29 is 28.5 Å². The van der Waals surface area contributed by atoms with E-state index >= 15 is 0 Å². The first-order valence-electron chi connectivity index (χ1n) is 18.1. The number of ether oxygens (including phenoxy) is 5. The zero-order valence-electron chi connectivity index (χ0n) is 31.9. The highest BCUT2D eigenvalue weighted by molar-refractivity contribution is 6.32. The monoisotopic (exact) mass is 747 g/mol. The Hall–Kier alpha value is -7.01. The van der Waals surface area contributed by atoms with Crippen molar-refractivity contribution in [2.45, 2.75) is 19.8 Å². The van der Waals surface area contributed by atoms with E-state index < -0.39 is 5.91 Å². The number of aromatic nitrogens is 3. The van der Waals surface area contributed by atoms with Gasteiger partial charge in [0.05, 0.1) is 46.4 Å². The molecule has 0 spiro atoms. The number of aliphatic imine (C=N–C) groups is 1. The van der Waals surface area contributed by atoms with Crippen molar-refractivity contribution in [3.05, 3.63) is 143 Å². The minimum Gasteiger partial charge on any atom is -0.497 e.